The number of sulfonamides is 1. The number of anilines is 2. The molecule has 7 nitrogen and oxygen atoms in total. The molecule has 0 saturated heterocycles. The SMILES string of the molecule is CSc1cccc(NS(=O)(=O)c2nnc(NC(=O)c3ccc(Cl)cc3Cl)s2)c1. The minimum absolute atomic E-state index is 0.0225. The molecule has 28 heavy (non-hydrogen) atoms. The van der Waals surface area contributed by atoms with Gasteiger partial charge in [0, 0.05) is 9.92 Å². The zero-order valence-electron chi connectivity index (χ0n) is 14.1. The van der Waals surface area contributed by atoms with Crippen molar-refractivity contribution < 1.29 is 13.2 Å². The molecule has 3 aromatic rings. The molecule has 0 radical (unpaired) electrons. The Labute approximate surface area is 179 Å². The third-order valence-electron chi connectivity index (χ3n) is 3.35. The van der Waals surface area contributed by atoms with Crippen LogP contribution in [0.3, 0.4) is 0 Å². The summed E-state index contributed by atoms with van der Waals surface area (Å²) in [5.74, 6) is -0.553. The van der Waals surface area contributed by atoms with Crippen molar-refractivity contribution >= 4 is 73.0 Å². The van der Waals surface area contributed by atoms with Crippen LogP contribution in [0.5, 0.6) is 0 Å². The minimum Gasteiger partial charge on any atom is -0.296 e. The molecule has 146 valence electrons. The molecule has 0 atom stereocenters. The van der Waals surface area contributed by atoms with Gasteiger partial charge in [0.25, 0.3) is 20.3 Å². The van der Waals surface area contributed by atoms with Gasteiger partial charge in [-0.1, -0.05) is 40.6 Å². The summed E-state index contributed by atoms with van der Waals surface area (Å²) < 4.78 is 27.2. The van der Waals surface area contributed by atoms with Crippen molar-refractivity contribution in [3.05, 3.63) is 58.1 Å². The second-order valence-electron chi connectivity index (χ2n) is 5.29. The summed E-state index contributed by atoms with van der Waals surface area (Å²) in [5.41, 5.74) is 0.582. The molecule has 12 heteroatoms. The van der Waals surface area contributed by atoms with Crippen molar-refractivity contribution in [1.82, 2.24) is 10.2 Å². The molecule has 0 aliphatic rings. The molecular weight excluding hydrogens is 463 g/mol. The van der Waals surface area contributed by atoms with Crippen LogP contribution in [0.2, 0.25) is 10.0 Å². The number of rotatable bonds is 6. The lowest BCUT2D eigenvalue weighted by Gasteiger charge is -2.06. The van der Waals surface area contributed by atoms with Gasteiger partial charge in [0.1, 0.15) is 0 Å². The van der Waals surface area contributed by atoms with Gasteiger partial charge >= 0.3 is 0 Å². The van der Waals surface area contributed by atoms with Crippen LogP contribution in [0.25, 0.3) is 0 Å². The smallest absolute Gasteiger partial charge is 0.291 e. The lowest BCUT2D eigenvalue weighted by atomic mass is 10.2. The topological polar surface area (TPSA) is 101 Å². The number of benzene rings is 2. The fourth-order valence-corrected chi connectivity index (χ4v) is 4.99. The van der Waals surface area contributed by atoms with Crippen LogP contribution in [0, 0.1) is 0 Å². The molecule has 0 unspecified atom stereocenters. The summed E-state index contributed by atoms with van der Waals surface area (Å²) in [6.07, 6.45) is 1.89. The van der Waals surface area contributed by atoms with Crippen LogP contribution < -0.4 is 10.0 Å². The molecule has 0 aliphatic carbocycles. The van der Waals surface area contributed by atoms with Gasteiger partial charge < -0.3 is 0 Å². The van der Waals surface area contributed by atoms with E-state index in [9.17, 15) is 13.2 Å². The molecule has 1 aromatic heterocycles. The third-order valence-corrected chi connectivity index (χ3v) is 7.22. The Morgan fingerprint density at radius 3 is 2.64 bits per heavy atom. The van der Waals surface area contributed by atoms with Crippen molar-refractivity contribution in [2.45, 2.75) is 9.24 Å². The lowest BCUT2D eigenvalue weighted by Crippen LogP contribution is -2.12. The lowest BCUT2D eigenvalue weighted by molar-refractivity contribution is 0.102. The number of thioether (sulfide) groups is 1. The number of aromatic nitrogens is 2. The first-order valence-corrected chi connectivity index (χ1v) is 11.8. The summed E-state index contributed by atoms with van der Waals surface area (Å²) in [5, 5.41) is 10.4. The summed E-state index contributed by atoms with van der Waals surface area (Å²) in [7, 11) is -3.94. The molecule has 1 heterocycles. The largest absolute Gasteiger partial charge is 0.296 e. The van der Waals surface area contributed by atoms with E-state index in [0.29, 0.717) is 10.7 Å². The Balaban J connectivity index is 1.76. The molecule has 0 bridgehead atoms. The van der Waals surface area contributed by atoms with Crippen LogP contribution in [-0.2, 0) is 10.0 Å². The molecule has 0 aliphatic heterocycles. The zero-order valence-corrected chi connectivity index (χ0v) is 18.1. The van der Waals surface area contributed by atoms with E-state index in [1.54, 1.807) is 18.2 Å². The van der Waals surface area contributed by atoms with Gasteiger partial charge in [-0.3, -0.25) is 14.8 Å². The minimum atomic E-state index is -3.94. The number of carbonyl (C=O) groups excluding carboxylic acids is 1. The van der Waals surface area contributed by atoms with E-state index in [-0.39, 0.29) is 20.1 Å². The fraction of sp³-hybridized carbons (Fsp3) is 0.0625. The van der Waals surface area contributed by atoms with Crippen LogP contribution in [-0.4, -0.2) is 30.8 Å². The Hall–Kier alpha value is -1.85. The molecule has 0 fully saturated rings. The summed E-state index contributed by atoms with van der Waals surface area (Å²) in [6.45, 7) is 0. The van der Waals surface area contributed by atoms with E-state index in [1.807, 2.05) is 12.3 Å². The average molecular weight is 475 g/mol. The quantitative estimate of drug-likeness (QED) is 0.399. The zero-order chi connectivity index (χ0) is 20.3. The number of hydrogen-bond acceptors (Lipinski definition) is 7. The van der Waals surface area contributed by atoms with Crippen LogP contribution in [0.4, 0.5) is 10.8 Å². The van der Waals surface area contributed by atoms with Crippen molar-refractivity contribution in [3.63, 3.8) is 0 Å². The molecule has 2 N–H and O–H groups in total. The fourth-order valence-electron chi connectivity index (χ4n) is 2.09. The Kier molecular flexibility index (Phi) is 6.46. The normalized spacial score (nSPS) is 11.2. The van der Waals surface area contributed by atoms with Crippen LogP contribution in [0.1, 0.15) is 10.4 Å². The Bertz CT molecular complexity index is 1140. The summed E-state index contributed by atoms with van der Waals surface area (Å²) >= 11 is 14.0. The Morgan fingerprint density at radius 1 is 1.14 bits per heavy atom. The van der Waals surface area contributed by atoms with Crippen molar-refractivity contribution in [2.24, 2.45) is 0 Å². The third kappa shape index (κ3) is 4.95. The highest BCUT2D eigenvalue weighted by atomic mass is 35.5. The van der Waals surface area contributed by atoms with Crippen molar-refractivity contribution in [2.75, 3.05) is 16.3 Å². The average Bonchev–Trinajstić information content (AvgIpc) is 3.11. The number of halogens is 2. The molecule has 0 spiro atoms. The van der Waals surface area contributed by atoms with Gasteiger partial charge in [0.05, 0.1) is 16.3 Å². The highest BCUT2D eigenvalue weighted by Crippen LogP contribution is 2.26. The molecule has 1 amide bonds. The summed E-state index contributed by atoms with van der Waals surface area (Å²) in [6, 6.07) is 11.3. The first-order chi connectivity index (χ1) is 13.3. The second-order valence-corrected chi connectivity index (χ2v) is 9.85. The first kappa shape index (κ1) is 20.9. The van der Waals surface area contributed by atoms with Crippen molar-refractivity contribution in [3.8, 4) is 0 Å². The van der Waals surface area contributed by atoms with Gasteiger partial charge in [0.2, 0.25) is 5.13 Å². The molecular formula is C16H12Cl2N4O3S3. The first-order valence-electron chi connectivity index (χ1n) is 7.55. The highest BCUT2D eigenvalue weighted by molar-refractivity contribution is 7.98. The van der Waals surface area contributed by atoms with E-state index in [2.05, 4.69) is 20.2 Å². The molecule has 0 saturated carbocycles. The van der Waals surface area contributed by atoms with Crippen LogP contribution >= 0.6 is 46.3 Å². The van der Waals surface area contributed by atoms with E-state index in [4.69, 9.17) is 23.2 Å². The van der Waals surface area contributed by atoms with Crippen LogP contribution in [0.15, 0.2) is 51.7 Å². The maximum absolute atomic E-state index is 12.5. The van der Waals surface area contributed by atoms with Crippen molar-refractivity contribution in [1.29, 1.82) is 0 Å². The van der Waals surface area contributed by atoms with Gasteiger partial charge in [0.15, 0.2) is 0 Å². The summed E-state index contributed by atoms with van der Waals surface area (Å²) in [4.78, 5) is 13.2. The predicted molar refractivity (Wildman–Crippen MR) is 113 cm³/mol. The molecule has 3 rings (SSSR count). The monoisotopic (exact) mass is 474 g/mol. The Morgan fingerprint density at radius 2 is 1.93 bits per heavy atom. The van der Waals surface area contributed by atoms with Gasteiger partial charge in [-0.05, 0) is 42.7 Å². The van der Waals surface area contributed by atoms with E-state index in [0.717, 1.165) is 16.2 Å². The van der Waals surface area contributed by atoms with E-state index < -0.39 is 15.9 Å². The van der Waals surface area contributed by atoms with E-state index >= 15 is 0 Å². The number of nitrogens with zero attached hydrogens (tertiary/aromatic N) is 2. The second kappa shape index (κ2) is 8.66. The number of carbonyl (C=O) groups is 1. The molecule has 2 aromatic carbocycles. The maximum atomic E-state index is 12.5. The standard InChI is InChI=1S/C16H12Cl2N4O3S3/c1-26-11-4-2-3-10(8-11)22-28(24,25)16-21-20-15(27-16)19-14(23)12-6-5-9(17)7-13(12)18/h2-8,22H,1H3,(H,19,20,23). The number of amides is 1. The predicted octanol–water partition coefficient (Wildman–Crippen LogP) is 4.62. The maximum Gasteiger partial charge on any atom is 0.291 e. The van der Waals surface area contributed by atoms with Gasteiger partial charge in [-0.2, -0.15) is 8.42 Å². The number of hydrogen-bond donors (Lipinski definition) is 2. The van der Waals surface area contributed by atoms with E-state index in [1.165, 1.54) is 30.0 Å². The van der Waals surface area contributed by atoms with Gasteiger partial charge in [-0.15, -0.1) is 22.0 Å². The van der Waals surface area contributed by atoms with Gasteiger partial charge in [-0.25, -0.2) is 0 Å². The number of nitrogens with one attached hydrogen (secondary N) is 2. The highest BCUT2D eigenvalue weighted by Gasteiger charge is 2.22.